The summed E-state index contributed by atoms with van der Waals surface area (Å²) in [6, 6.07) is 21.5. The minimum absolute atomic E-state index is 0.152. The standard InChI is InChI=1S/C25H16BN2O2/c1-14-9-15-13-27-8-4-6-18-25(27)24(15)20(10-14)28-19-11-17-16-5-2-3-7-21(16)29-22(17)12-23(19)30-26(18)28/h2-12H,13H2,1H3/q+1. The minimum atomic E-state index is -0.152. The number of aryl methyl sites for hydroxylation is 1. The van der Waals surface area contributed by atoms with Crippen LogP contribution in [0.5, 0.6) is 5.75 Å². The molecule has 2 aromatic heterocycles. The molecular formula is C25H16BN2O2+. The monoisotopic (exact) mass is 387 g/mol. The van der Waals surface area contributed by atoms with Gasteiger partial charge in [0.05, 0.1) is 16.7 Å². The number of hydrogen-bond donors (Lipinski definition) is 0. The Morgan fingerprint density at radius 1 is 0.933 bits per heavy atom. The number of rotatable bonds is 0. The van der Waals surface area contributed by atoms with Gasteiger partial charge in [-0.1, -0.05) is 18.2 Å². The highest BCUT2D eigenvalue weighted by atomic mass is 16.5. The van der Waals surface area contributed by atoms with Crippen LogP contribution in [0.3, 0.4) is 0 Å². The molecule has 0 spiro atoms. The summed E-state index contributed by atoms with van der Waals surface area (Å²) in [4.78, 5) is 2.38. The van der Waals surface area contributed by atoms with Crippen LogP contribution in [0.4, 0.5) is 11.4 Å². The van der Waals surface area contributed by atoms with Gasteiger partial charge >= 0.3 is 7.05 Å². The molecule has 3 aromatic carbocycles. The van der Waals surface area contributed by atoms with Gasteiger partial charge in [0, 0.05) is 34.2 Å². The van der Waals surface area contributed by atoms with Gasteiger partial charge in [0.2, 0.25) is 5.69 Å². The Kier molecular flexibility index (Phi) is 2.46. The largest absolute Gasteiger partial charge is 0.536 e. The fourth-order valence-corrected chi connectivity index (χ4v) is 5.58. The molecule has 3 aliphatic heterocycles. The second-order valence-electron chi connectivity index (χ2n) is 8.51. The third kappa shape index (κ3) is 1.65. The van der Waals surface area contributed by atoms with E-state index >= 15 is 0 Å². The summed E-state index contributed by atoms with van der Waals surface area (Å²) in [5.41, 5.74) is 10.7. The second kappa shape index (κ2) is 4.87. The summed E-state index contributed by atoms with van der Waals surface area (Å²) in [6.45, 7) is 3.10. The van der Waals surface area contributed by atoms with Crippen LogP contribution in [0.1, 0.15) is 11.1 Å². The van der Waals surface area contributed by atoms with Gasteiger partial charge in [-0.2, -0.15) is 4.57 Å². The van der Waals surface area contributed by atoms with Crippen LogP contribution in [0, 0.1) is 6.92 Å². The maximum absolute atomic E-state index is 6.57. The van der Waals surface area contributed by atoms with Gasteiger partial charge in [0.15, 0.2) is 12.7 Å². The van der Waals surface area contributed by atoms with Gasteiger partial charge in [-0.25, -0.2) is 0 Å². The Hall–Kier alpha value is -3.73. The topological polar surface area (TPSA) is 29.5 Å². The van der Waals surface area contributed by atoms with Gasteiger partial charge in [0.25, 0.3) is 0 Å². The van der Waals surface area contributed by atoms with Crippen molar-refractivity contribution in [3.63, 3.8) is 0 Å². The summed E-state index contributed by atoms with van der Waals surface area (Å²) in [7, 11) is -0.152. The predicted octanol–water partition coefficient (Wildman–Crippen LogP) is 4.45. The number of para-hydroxylation sites is 1. The minimum Gasteiger partial charge on any atom is -0.536 e. The van der Waals surface area contributed by atoms with E-state index in [4.69, 9.17) is 9.07 Å². The van der Waals surface area contributed by atoms with Crippen molar-refractivity contribution < 1.29 is 13.6 Å². The van der Waals surface area contributed by atoms with E-state index in [0.717, 1.165) is 39.9 Å². The molecule has 0 N–H and O–H groups in total. The van der Waals surface area contributed by atoms with Crippen molar-refractivity contribution in [3.05, 3.63) is 78.0 Å². The first-order valence-corrected chi connectivity index (χ1v) is 10.3. The van der Waals surface area contributed by atoms with Crippen LogP contribution in [0.2, 0.25) is 0 Å². The fourth-order valence-electron chi connectivity index (χ4n) is 5.58. The van der Waals surface area contributed by atoms with Crippen LogP contribution in [0.25, 0.3) is 33.2 Å². The van der Waals surface area contributed by atoms with Crippen molar-refractivity contribution in [1.29, 1.82) is 0 Å². The molecule has 5 heterocycles. The molecule has 0 fully saturated rings. The molecule has 5 heteroatoms. The Bertz CT molecular complexity index is 1590. The van der Waals surface area contributed by atoms with E-state index < -0.39 is 0 Å². The number of furan rings is 1. The van der Waals surface area contributed by atoms with Crippen molar-refractivity contribution in [2.45, 2.75) is 13.5 Å². The third-order valence-electron chi connectivity index (χ3n) is 6.74. The highest BCUT2D eigenvalue weighted by molar-refractivity contribution is 6.77. The van der Waals surface area contributed by atoms with Crippen molar-refractivity contribution in [2.75, 3.05) is 4.81 Å². The van der Waals surface area contributed by atoms with Crippen molar-refractivity contribution in [1.82, 2.24) is 0 Å². The maximum atomic E-state index is 6.57. The normalized spacial score (nSPS) is 14.8. The number of hydrogen-bond acceptors (Lipinski definition) is 3. The zero-order valence-corrected chi connectivity index (χ0v) is 16.3. The van der Waals surface area contributed by atoms with Crippen LogP contribution < -0.4 is 19.5 Å². The number of aromatic nitrogens is 1. The third-order valence-corrected chi connectivity index (χ3v) is 6.74. The van der Waals surface area contributed by atoms with E-state index in [0.29, 0.717) is 0 Å². The summed E-state index contributed by atoms with van der Waals surface area (Å²) in [6.07, 6.45) is 2.18. The average Bonchev–Trinajstić information content (AvgIpc) is 3.41. The van der Waals surface area contributed by atoms with E-state index in [9.17, 15) is 0 Å². The molecule has 140 valence electrons. The Morgan fingerprint density at radius 2 is 1.87 bits per heavy atom. The molecule has 0 unspecified atom stereocenters. The lowest BCUT2D eigenvalue weighted by molar-refractivity contribution is -0.671. The summed E-state index contributed by atoms with van der Waals surface area (Å²) >= 11 is 0. The molecular weight excluding hydrogens is 371 g/mol. The maximum Gasteiger partial charge on any atom is 0.531 e. The van der Waals surface area contributed by atoms with Crippen molar-refractivity contribution in [2.24, 2.45) is 0 Å². The van der Waals surface area contributed by atoms with E-state index in [-0.39, 0.29) is 7.05 Å². The van der Waals surface area contributed by atoms with Gasteiger partial charge in [-0.15, -0.1) is 0 Å². The Labute approximate surface area is 173 Å². The van der Waals surface area contributed by atoms with Crippen molar-refractivity contribution in [3.8, 4) is 17.0 Å². The SMILES string of the molecule is Cc1cc2c3c(c1)N1B(Oc4cc5oc6ccccc6c5cc41)c1ccc[n+](c1-3)C2. The molecule has 8 rings (SSSR count). The van der Waals surface area contributed by atoms with Gasteiger partial charge in [-0.3, -0.25) is 0 Å². The predicted molar refractivity (Wildman–Crippen MR) is 118 cm³/mol. The highest BCUT2D eigenvalue weighted by Crippen LogP contribution is 2.50. The lowest BCUT2D eigenvalue weighted by Crippen LogP contribution is -2.53. The molecule has 4 nitrogen and oxygen atoms in total. The summed E-state index contributed by atoms with van der Waals surface area (Å²) in [5.74, 6) is 0.879. The molecule has 0 saturated heterocycles. The molecule has 0 atom stereocenters. The first-order chi connectivity index (χ1) is 14.8. The van der Waals surface area contributed by atoms with E-state index in [1.807, 2.05) is 12.1 Å². The highest BCUT2D eigenvalue weighted by Gasteiger charge is 2.51. The van der Waals surface area contributed by atoms with Crippen LogP contribution in [-0.4, -0.2) is 7.05 Å². The second-order valence-corrected chi connectivity index (χ2v) is 8.51. The van der Waals surface area contributed by atoms with E-state index in [1.54, 1.807) is 0 Å². The first-order valence-electron chi connectivity index (χ1n) is 10.3. The van der Waals surface area contributed by atoms with Crippen molar-refractivity contribution >= 4 is 45.8 Å². The molecule has 3 aliphatic rings. The number of pyridine rings is 1. The quantitative estimate of drug-likeness (QED) is 0.285. The van der Waals surface area contributed by atoms with Crippen LogP contribution >= 0.6 is 0 Å². The molecule has 0 amide bonds. The smallest absolute Gasteiger partial charge is 0.531 e. The molecule has 0 saturated carbocycles. The van der Waals surface area contributed by atoms with E-state index in [1.165, 1.54) is 33.5 Å². The lowest BCUT2D eigenvalue weighted by Gasteiger charge is -2.28. The van der Waals surface area contributed by atoms with Gasteiger partial charge in [0.1, 0.15) is 16.9 Å². The molecule has 0 bridgehead atoms. The number of benzene rings is 3. The summed E-state index contributed by atoms with van der Waals surface area (Å²) in [5, 5.41) is 2.27. The Balaban J connectivity index is 1.47. The fraction of sp³-hybridized carbons (Fsp3) is 0.0800. The average molecular weight is 387 g/mol. The Morgan fingerprint density at radius 3 is 2.83 bits per heavy atom. The lowest BCUT2D eigenvalue weighted by atomic mass is 9.66. The van der Waals surface area contributed by atoms with E-state index in [2.05, 4.69) is 71.0 Å². The zero-order valence-electron chi connectivity index (χ0n) is 16.3. The summed E-state index contributed by atoms with van der Waals surface area (Å²) < 4.78 is 15.0. The number of fused-ring (bicyclic) bond motifs is 8. The number of nitrogens with zero attached hydrogens (tertiary/aromatic N) is 2. The molecule has 30 heavy (non-hydrogen) atoms. The number of anilines is 2. The van der Waals surface area contributed by atoms with Crippen LogP contribution in [-0.2, 0) is 6.54 Å². The molecule has 0 aliphatic carbocycles. The van der Waals surface area contributed by atoms with Gasteiger partial charge in [-0.05, 0) is 42.8 Å². The first kappa shape index (κ1) is 15.2. The molecule has 0 radical (unpaired) electrons. The molecule has 5 aromatic rings. The van der Waals surface area contributed by atoms with Gasteiger partial charge < -0.3 is 13.9 Å². The zero-order chi connectivity index (χ0) is 19.6. The van der Waals surface area contributed by atoms with Crippen LogP contribution in [0.15, 0.2) is 71.3 Å².